The minimum atomic E-state index is -0.145. The van der Waals surface area contributed by atoms with Gasteiger partial charge in [-0.15, -0.1) is 24.8 Å². The van der Waals surface area contributed by atoms with Crippen molar-refractivity contribution < 1.29 is 9.21 Å². The molecule has 1 amide bonds. The second kappa shape index (κ2) is 10.3. The molecule has 0 aromatic carbocycles. The van der Waals surface area contributed by atoms with Gasteiger partial charge in [0.15, 0.2) is 0 Å². The first-order valence-corrected chi connectivity index (χ1v) is 7.07. The van der Waals surface area contributed by atoms with Crippen LogP contribution < -0.4 is 11.1 Å². The van der Waals surface area contributed by atoms with E-state index in [1.54, 1.807) is 12.3 Å². The Labute approximate surface area is 148 Å². The first-order chi connectivity index (χ1) is 10.1. The fourth-order valence-corrected chi connectivity index (χ4v) is 2.25. The third kappa shape index (κ3) is 5.86. The molecule has 7 heteroatoms. The van der Waals surface area contributed by atoms with E-state index in [4.69, 9.17) is 10.2 Å². The maximum absolute atomic E-state index is 12.1. The molecule has 5 nitrogen and oxygen atoms in total. The molecule has 1 unspecified atom stereocenters. The zero-order valence-electron chi connectivity index (χ0n) is 13.2. The predicted molar refractivity (Wildman–Crippen MR) is 95.2 cm³/mol. The van der Waals surface area contributed by atoms with Gasteiger partial charge in [-0.25, -0.2) is 0 Å². The molecule has 2 aromatic rings. The standard InChI is InChI=1S/C16H21N3O2.2ClH/c1-11(2)15(12-4-3-5-18-8-12)9-19-16(20)13-6-14(7-17)21-10-13;;/h3-6,8,10-11,15H,7,9,17H2,1-2H3,(H,19,20);2*1H. The molecule has 0 bridgehead atoms. The molecule has 0 spiro atoms. The Bertz CT molecular complexity index is 588. The van der Waals surface area contributed by atoms with Gasteiger partial charge in [0.2, 0.25) is 0 Å². The molecule has 128 valence electrons. The Hall–Kier alpha value is -1.56. The third-order valence-electron chi connectivity index (χ3n) is 3.52. The van der Waals surface area contributed by atoms with Crippen LogP contribution in [-0.2, 0) is 6.54 Å². The summed E-state index contributed by atoms with van der Waals surface area (Å²) in [6.45, 7) is 5.12. The lowest BCUT2D eigenvalue weighted by Gasteiger charge is -2.21. The van der Waals surface area contributed by atoms with Gasteiger partial charge in [0.05, 0.1) is 12.1 Å². The average Bonchev–Trinajstić information content (AvgIpc) is 2.97. The van der Waals surface area contributed by atoms with Crippen LogP contribution in [0.2, 0.25) is 0 Å². The Morgan fingerprint density at radius 2 is 2.13 bits per heavy atom. The van der Waals surface area contributed by atoms with E-state index in [0.717, 1.165) is 5.56 Å². The maximum Gasteiger partial charge on any atom is 0.254 e. The molecule has 3 N–H and O–H groups in total. The van der Waals surface area contributed by atoms with Crippen molar-refractivity contribution in [3.05, 3.63) is 53.7 Å². The van der Waals surface area contributed by atoms with Crippen molar-refractivity contribution in [2.24, 2.45) is 11.7 Å². The Morgan fingerprint density at radius 1 is 1.39 bits per heavy atom. The number of nitrogens with one attached hydrogen (secondary N) is 1. The van der Waals surface area contributed by atoms with Crippen LogP contribution in [0.3, 0.4) is 0 Å². The van der Waals surface area contributed by atoms with E-state index in [2.05, 4.69) is 24.1 Å². The molecular weight excluding hydrogens is 337 g/mol. The lowest BCUT2D eigenvalue weighted by atomic mass is 9.89. The monoisotopic (exact) mass is 359 g/mol. The molecule has 0 saturated carbocycles. The van der Waals surface area contributed by atoms with E-state index in [-0.39, 0.29) is 43.2 Å². The van der Waals surface area contributed by atoms with Gasteiger partial charge in [0.25, 0.3) is 5.91 Å². The summed E-state index contributed by atoms with van der Waals surface area (Å²) in [5, 5.41) is 2.95. The summed E-state index contributed by atoms with van der Waals surface area (Å²) >= 11 is 0. The van der Waals surface area contributed by atoms with Crippen LogP contribution in [0.4, 0.5) is 0 Å². The number of amides is 1. The van der Waals surface area contributed by atoms with Crippen molar-refractivity contribution in [3.63, 3.8) is 0 Å². The van der Waals surface area contributed by atoms with Crippen LogP contribution in [0, 0.1) is 5.92 Å². The van der Waals surface area contributed by atoms with E-state index < -0.39 is 0 Å². The van der Waals surface area contributed by atoms with Gasteiger partial charge in [-0.05, 0) is 23.6 Å². The zero-order chi connectivity index (χ0) is 15.2. The number of pyridine rings is 1. The topological polar surface area (TPSA) is 81.2 Å². The highest BCUT2D eigenvalue weighted by Gasteiger charge is 2.18. The van der Waals surface area contributed by atoms with Gasteiger partial charge < -0.3 is 15.5 Å². The molecule has 0 fully saturated rings. The summed E-state index contributed by atoms with van der Waals surface area (Å²) in [7, 11) is 0. The van der Waals surface area contributed by atoms with E-state index in [1.807, 2.05) is 18.3 Å². The average molecular weight is 360 g/mol. The van der Waals surface area contributed by atoms with Crippen molar-refractivity contribution in [1.29, 1.82) is 0 Å². The van der Waals surface area contributed by atoms with Crippen LogP contribution >= 0.6 is 24.8 Å². The number of halogens is 2. The minimum Gasteiger partial charge on any atom is -0.467 e. The number of carbonyl (C=O) groups excluding carboxylic acids is 1. The highest BCUT2D eigenvalue weighted by Crippen LogP contribution is 2.22. The van der Waals surface area contributed by atoms with Gasteiger partial charge in [0, 0.05) is 24.9 Å². The molecule has 0 saturated heterocycles. The maximum atomic E-state index is 12.1. The molecule has 2 aromatic heterocycles. The van der Waals surface area contributed by atoms with Crippen molar-refractivity contribution in [2.75, 3.05) is 6.54 Å². The number of nitrogens with two attached hydrogens (primary N) is 1. The first kappa shape index (κ1) is 21.4. The molecule has 1 atom stereocenters. The van der Waals surface area contributed by atoms with E-state index in [9.17, 15) is 4.79 Å². The smallest absolute Gasteiger partial charge is 0.254 e. The summed E-state index contributed by atoms with van der Waals surface area (Å²) in [4.78, 5) is 16.3. The van der Waals surface area contributed by atoms with Crippen LogP contribution in [0.15, 0.2) is 41.3 Å². The Morgan fingerprint density at radius 3 is 2.65 bits per heavy atom. The molecule has 2 rings (SSSR count). The number of aromatic nitrogens is 1. The lowest BCUT2D eigenvalue weighted by molar-refractivity contribution is 0.0948. The fourth-order valence-electron chi connectivity index (χ4n) is 2.25. The Balaban J connectivity index is 0.00000242. The molecule has 23 heavy (non-hydrogen) atoms. The molecule has 0 radical (unpaired) electrons. The largest absolute Gasteiger partial charge is 0.467 e. The highest BCUT2D eigenvalue weighted by molar-refractivity contribution is 5.94. The number of hydrogen-bond acceptors (Lipinski definition) is 4. The number of nitrogens with zero attached hydrogens (tertiary/aromatic N) is 1. The third-order valence-corrected chi connectivity index (χ3v) is 3.52. The summed E-state index contributed by atoms with van der Waals surface area (Å²) in [5.74, 6) is 1.09. The SMILES string of the molecule is CC(C)C(CNC(=O)c1coc(CN)c1)c1cccnc1.Cl.Cl. The number of furan rings is 1. The quantitative estimate of drug-likeness (QED) is 0.829. The Kier molecular flexibility index (Phi) is 9.56. The van der Waals surface area contributed by atoms with Gasteiger partial charge >= 0.3 is 0 Å². The minimum absolute atomic E-state index is 0. The van der Waals surface area contributed by atoms with Crippen LogP contribution in [0.25, 0.3) is 0 Å². The van der Waals surface area contributed by atoms with Gasteiger partial charge in [-0.3, -0.25) is 9.78 Å². The van der Waals surface area contributed by atoms with Gasteiger partial charge in [-0.1, -0.05) is 19.9 Å². The van der Waals surface area contributed by atoms with E-state index >= 15 is 0 Å². The van der Waals surface area contributed by atoms with Crippen LogP contribution in [0.1, 0.15) is 41.4 Å². The second-order valence-electron chi connectivity index (χ2n) is 5.35. The van der Waals surface area contributed by atoms with E-state index in [1.165, 1.54) is 6.26 Å². The first-order valence-electron chi connectivity index (χ1n) is 7.07. The fraction of sp³-hybridized carbons (Fsp3) is 0.375. The summed E-state index contributed by atoms with van der Waals surface area (Å²) in [6, 6.07) is 5.62. The van der Waals surface area contributed by atoms with Crippen LogP contribution in [-0.4, -0.2) is 17.4 Å². The molecule has 2 heterocycles. The van der Waals surface area contributed by atoms with Crippen molar-refractivity contribution in [1.82, 2.24) is 10.3 Å². The number of hydrogen-bond donors (Lipinski definition) is 2. The van der Waals surface area contributed by atoms with Crippen molar-refractivity contribution in [3.8, 4) is 0 Å². The summed E-state index contributed by atoms with van der Waals surface area (Å²) < 4.78 is 5.18. The summed E-state index contributed by atoms with van der Waals surface area (Å²) in [6.07, 6.45) is 5.03. The number of carbonyl (C=O) groups is 1. The zero-order valence-corrected chi connectivity index (χ0v) is 14.8. The van der Waals surface area contributed by atoms with Gasteiger partial charge in [-0.2, -0.15) is 0 Å². The normalized spacial score (nSPS) is 11.3. The van der Waals surface area contributed by atoms with Crippen LogP contribution in [0.5, 0.6) is 0 Å². The molecule has 0 aliphatic heterocycles. The van der Waals surface area contributed by atoms with E-state index in [0.29, 0.717) is 23.8 Å². The highest BCUT2D eigenvalue weighted by atomic mass is 35.5. The molecular formula is C16H23Cl2N3O2. The second-order valence-corrected chi connectivity index (χ2v) is 5.35. The van der Waals surface area contributed by atoms with Crippen molar-refractivity contribution in [2.45, 2.75) is 26.3 Å². The lowest BCUT2D eigenvalue weighted by Crippen LogP contribution is -2.30. The number of rotatable bonds is 6. The summed E-state index contributed by atoms with van der Waals surface area (Å²) in [5.41, 5.74) is 7.10. The molecule has 0 aliphatic carbocycles. The predicted octanol–water partition coefficient (Wildman–Crippen LogP) is 3.15. The van der Waals surface area contributed by atoms with Crippen molar-refractivity contribution >= 4 is 30.7 Å². The van der Waals surface area contributed by atoms with Gasteiger partial charge in [0.1, 0.15) is 12.0 Å². The molecule has 0 aliphatic rings.